The van der Waals surface area contributed by atoms with Crippen LogP contribution in [0.2, 0.25) is 0 Å². The summed E-state index contributed by atoms with van der Waals surface area (Å²) in [6, 6.07) is 0. The Morgan fingerprint density at radius 3 is 2.79 bits per heavy atom. The van der Waals surface area contributed by atoms with Crippen LogP contribution in [0.3, 0.4) is 0 Å². The molecule has 4 nitrogen and oxygen atoms in total. The van der Waals surface area contributed by atoms with Crippen LogP contribution < -0.4 is 10.2 Å². The van der Waals surface area contributed by atoms with Crippen molar-refractivity contribution in [2.45, 2.75) is 13.3 Å². The first-order valence-electron chi connectivity index (χ1n) is 4.59. The second-order valence-corrected chi connectivity index (χ2v) is 4.04. The van der Waals surface area contributed by atoms with Gasteiger partial charge >= 0.3 is 0 Å². The van der Waals surface area contributed by atoms with Crippen molar-refractivity contribution < 1.29 is 0 Å². The van der Waals surface area contributed by atoms with E-state index in [1.54, 1.807) is 6.20 Å². The van der Waals surface area contributed by atoms with Gasteiger partial charge in [0.1, 0.15) is 5.82 Å². The van der Waals surface area contributed by atoms with E-state index in [-0.39, 0.29) is 0 Å². The van der Waals surface area contributed by atoms with Gasteiger partial charge in [-0.15, -0.1) is 0 Å². The summed E-state index contributed by atoms with van der Waals surface area (Å²) in [5.74, 6) is 1.57. The van der Waals surface area contributed by atoms with Crippen molar-refractivity contribution in [1.82, 2.24) is 9.97 Å². The average Bonchev–Trinajstić information content (AvgIpc) is 2.16. The number of nitrogens with one attached hydrogen (secondary N) is 1. The Hall–Kier alpha value is -0.840. The molecule has 5 heteroatoms. The number of anilines is 2. The van der Waals surface area contributed by atoms with Gasteiger partial charge in [0.05, 0.1) is 4.47 Å². The van der Waals surface area contributed by atoms with Crippen LogP contribution in [0, 0.1) is 0 Å². The molecular formula is C9H15BrN4. The molecule has 14 heavy (non-hydrogen) atoms. The van der Waals surface area contributed by atoms with Crippen molar-refractivity contribution >= 4 is 27.7 Å². The number of hydrogen-bond donors (Lipinski definition) is 1. The maximum Gasteiger partial charge on any atom is 0.224 e. The Kier molecular flexibility index (Phi) is 4.13. The van der Waals surface area contributed by atoms with Gasteiger partial charge in [-0.25, -0.2) is 4.98 Å². The third kappa shape index (κ3) is 2.83. The van der Waals surface area contributed by atoms with E-state index in [4.69, 9.17) is 0 Å². The first-order valence-corrected chi connectivity index (χ1v) is 5.38. The fourth-order valence-corrected chi connectivity index (χ4v) is 1.54. The number of hydrogen-bond acceptors (Lipinski definition) is 4. The Bertz CT molecular complexity index is 301. The molecule has 78 valence electrons. The Balaban J connectivity index is 2.83. The molecule has 0 amide bonds. The largest absolute Gasteiger partial charge is 0.362 e. The number of aromatic nitrogens is 2. The normalized spacial score (nSPS) is 10.0. The van der Waals surface area contributed by atoms with Gasteiger partial charge in [-0.3, -0.25) is 0 Å². The van der Waals surface area contributed by atoms with Crippen LogP contribution in [0.25, 0.3) is 0 Å². The Labute approximate surface area is 92.9 Å². The molecule has 1 heterocycles. The summed E-state index contributed by atoms with van der Waals surface area (Å²) in [6.07, 6.45) is 2.83. The first-order chi connectivity index (χ1) is 6.65. The lowest BCUT2D eigenvalue weighted by atomic mass is 10.5. The second kappa shape index (κ2) is 5.14. The lowest BCUT2D eigenvalue weighted by Gasteiger charge is -2.14. The molecule has 0 aliphatic heterocycles. The summed E-state index contributed by atoms with van der Waals surface area (Å²) in [7, 11) is 3.91. The molecule has 1 aromatic heterocycles. The van der Waals surface area contributed by atoms with E-state index in [0.717, 1.165) is 23.3 Å². The summed E-state index contributed by atoms with van der Waals surface area (Å²) in [6.45, 7) is 3.01. The highest BCUT2D eigenvalue weighted by Gasteiger charge is 2.05. The minimum absolute atomic E-state index is 0.679. The molecule has 0 aliphatic carbocycles. The van der Waals surface area contributed by atoms with Gasteiger partial charge < -0.3 is 10.2 Å². The first kappa shape index (κ1) is 11.2. The molecule has 0 fully saturated rings. The summed E-state index contributed by atoms with van der Waals surface area (Å²) < 4.78 is 0.907. The van der Waals surface area contributed by atoms with E-state index < -0.39 is 0 Å². The number of halogens is 1. The fraction of sp³-hybridized carbons (Fsp3) is 0.556. The minimum atomic E-state index is 0.679. The van der Waals surface area contributed by atoms with Crippen molar-refractivity contribution in [2.24, 2.45) is 0 Å². The van der Waals surface area contributed by atoms with Crippen molar-refractivity contribution in [1.29, 1.82) is 0 Å². The van der Waals surface area contributed by atoms with E-state index in [2.05, 4.69) is 38.1 Å². The summed E-state index contributed by atoms with van der Waals surface area (Å²) in [5.41, 5.74) is 0. The molecule has 0 atom stereocenters. The summed E-state index contributed by atoms with van der Waals surface area (Å²) in [4.78, 5) is 10.5. The molecule has 0 aromatic carbocycles. The molecule has 0 saturated heterocycles. The third-order valence-corrected chi connectivity index (χ3v) is 2.24. The second-order valence-electron chi connectivity index (χ2n) is 3.19. The van der Waals surface area contributed by atoms with Gasteiger partial charge in [0, 0.05) is 26.8 Å². The standard InChI is InChI=1S/C9H15BrN4/c1-4-5-11-9-12-6-7(10)8(13-9)14(2)3/h6H,4-5H2,1-3H3,(H,11,12,13). The van der Waals surface area contributed by atoms with Crippen LogP contribution in [0.4, 0.5) is 11.8 Å². The van der Waals surface area contributed by atoms with E-state index >= 15 is 0 Å². The van der Waals surface area contributed by atoms with Crippen molar-refractivity contribution in [3.8, 4) is 0 Å². The van der Waals surface area contributed by atoms with Gasteiger partial charge in [0.2, 0.25) is 5.95 Å². The maximum atomic E-state index is 4.37. The van der Waals surface area contributed by atoms with Gasteiger partial charge in [-0.2, -0.15) is 4.98 Å². The highest BCUT2D eigenvalue weighted by Crippen LogP contribution is 2.21. The molecule has 1 N–H and O–H groups in total. The van der Waals surface area contributed by atoms with E-state index in [1.807, 2.05) is 19.0 Å². The average molecular weight is 259 g/mol. The van der Waals surface area contributed by atoms with Gasteiger partial charge in [0.25, 0.3) is 0 Å². The molecule has 0 saturated carbocycles. The predicted octanol–water partition coefficient (Wildman–Crippen LogP) is 2.13. The highest BCUT2D eigenvalue weighted by atomic mass is 79.9. The zero-order chi connectivity index (χ0) is 10.6. The van der Waals surface area contributed by atoms with Gasteiger partial charge in [0.15, 0.2) is 0 Å². The quantitative estimate of drug-likeness (QED) is 0.899. The SMILES string of the molecule is CCCNc1ncc(Br)c(N(C)C)n1. The van der Waals surface area contributed by atoms with Crippen LogP contribution in [-0.2, 0) is 0 Å². The van der Waals surface area contributed by atoms with Crippen molar-refractivity contribution in [3.05, 3.63) is 10.7 Å². The van der Waals surface area contributed by atoms with Gasteiger partial charge in [-0.05, 0) is 22.4 Å². The van der Waals surface area contributed by atoms with E-state index in [9.17, 15) is 0 Å². The van der Waals surface area contributed by atoms with Crippen LogP contribution in [0.15, 0.2) is 10.7 Å². The molecular weight excluding hydrogens is 244 g/mol. The van der Waals surface area contributed by atoms with Gasteiger partial charge in [-0.1, -0.05) is 6.92 Å². The molecule has 0 bridgehead atoms. The molecule has 1 rings (SSSR count). The maximum absolute atomic E-state index is 4.37. The lowest BCUT2D eigenvalue weighted by Crippen LogP contribution is -2.13. The number of rotatable bonds is 4. The minimum Gasteiger partial charge on any atom is -0.362 e. The zero-order valence-electron chi connectivity index (χ0n) is 8.71. The monoisotopic (exact) mass is 258 g/mol. The highest BCUT2D eigenvalue weighted by molar-refractivity contribution is 9.10. The lowest BCUT2D eigenvalue weighted by molar-refractivity contribution is 0.941. The van der Waals surface area contributed by atoms with E-state index in [0.29, 0.717) is 5.95 Å². The molecule has 0 aliphatic rings. The number of nitrogens with zero attached hydrogens (tertiary/aromatic N) is 3. The van der Waals surface area contributed by atoms with Crippen LogP contribution in [0.5, 0.6) is 0 Å². The van der Waals surface area contributed by atoms with Crippen LogP contribution in [-0.4, -0.2) is 30.6 Å². The van der Waals surface area contributed by atoms with E-state index in [1.165, 1.54) is 0 Å². The predicted molar refractivity (Wildman–Crippen MR) is 62.8 cm³/mol. The van der Waals surface area contributed by atoms with Crippen LogP contribution >= 0.6 is 15.9 Å². The van der Waals surface area contributed by atoms with Crippen molar-refractivity contribution in [3.63, 3.8) is 0 Å². The molecule has 0 unspecified atom stereocenters. The smallest absolute Gasteiger partial charge is 0.224 e. The summed E-state index contributed by atoms with van der Waals surface area (Å²) >= 11 is 3.40. The Morgan fingerprint density at radius 1 is 1.50 bits per heavy atom. The zero-order valence-corrected chi connectivity index (χ0v) is 10.3. The molecule has 0 spiro atoms. The van der Waals surface area contributed by atoms with Crippen molar-refractivity contribution in [2.75, 3.05) is 30.9 Å². The third-order valence-electron chi connectivity index (χ3n) is 1.68. The van der Waals surface area contributed by atoms with Crippen LogP contribution in [0.1, 0.15) is 13.3 Å². The topological polar surface area (TPSA) is 41.1 Å². The molecule has 1 aromatic rings. The fourth-order valence-electron chi connectivity index (χ4n) is 0.994. The molecule has 0 radical (unpaired) electrons. The Morgan fingerprint density at radius 2 is 2.21 bits per heavy atom. The summed E-state index contributed by atoms with van der Waals surface area (Å²) in [5, 5.41) is 3.15.